The van der Waals surface area contributed by atoms with Crippen LogP contribution in [-0.4, -0.2) is 6.04 Å². The van der Waals surface area contributed by atoms with Crippen LogP contribution in [-0.2, 0) is 0 Å². The Hall–Kier alpha value is 1.27. The molecule has 0 atom stereocenters. The van der Waals surface area contributed by atoms with Crippen LogP contribution in [0.15, 0.2) is 11.1 Å². The summed E-state index contributed by atoms with van der Waals surface area (Å²) in [7, 11) is 0. The first-order valence-corrected chi connectivity index (χ1v) is 7.87. The van der Waals surface area contributed by atoms with Gasteiger partial charge in [-0.25, -0.2) is 0 Å². The van der Waals surface area contributed by atoms with E-state index < -0.39 is 6.04 Å². The topological polar surface area (TPSA) is 0 Å². The van der Waals surface area contributed by atoms with Crippen LogP contribution in [0.25, 0.3) is 0 Å². The maximum atomic E-state index is 3.84. The quantitative estimate of drug-likeness (QED) is 0.410. The standard InChI is InChI=1S/C2H3Br2SSi/c3-6(4)2-1-5/h1-2,5H. The van der Waals surface area contributed by atoms with Crippen LogP contribution in [0.2, 0.25) is 0 Å². The number of halogens is 2. The first kappa shape index (κ1) is 7.27. The second-order valence-electron chi connectivity index (χ2n) is 0.605. The van der Waals surface area contributed by atoms with Gasteiger partial charge in [0.25, 0.3) is 0 Å². The molecule has 0 saturated carbocycles. The van der Waals surface area contributed by atoms with Crippen molar-refractivity contribution < 1.29 is 0 Å². The molecule has 0 aromatic heterocycles. The van der Waals surface area contributed by atoms with Crippen LogP contribution < -0.4 is 0 Å². The molecule has 0 bridgehead atoms. The van der Waals surface area contributed by atoms with Gasteiger partial charge >= 0.3 is 0 Å². The Morgan fingerprint density at radius 1 is 1.50 bits per heavy atom. The van der Waals surface area contributed by atoms with Gasteiger partial charge in [0.05, 0.1) is 0 Å². The summed E-state index contributed by atoms with van der Waals surface area (Å²) in [5, 5.41) is 1.72. The van der Waals surface area contributed by atoms with Crippen LogP contribution in [0, 0.1) is 0 Å². The summed E-state index contributed by atoms with van der Waals surface area (Å²) in [5.41, 5.74) is 1.97. The van der Waals surface area contributed by atoms with E-state index in [1.165, 1.54) is 0 Å². The molecule has 35 valence electrons. The van der Waals surface area contributed by atoms with E-state index in [-0.39, 0.29) is 0 Å². The fraction of sp³-hybridized carbons (Fsp3) is 0. The van der Waals surface area contributed by atoms with E-state index in [0.29, 0.717) is 0 Å². The van der Waals surface area contributed by atoms with Crippen molar-refractivity contribution in [1.82, 2.24) is 0 Å². The van der Waals surface area contributed by atoms with Crippen molar-refractivity contribution in [2.75, 3.05) is 0 Å². The molecule has 0 saturated heterocycles. The molecule has 0 aromatic rings. The van der Waals surface area contributed by atoms with Crippen molar-refractivity contribution in [1.29, 1.82) is 0 Å². The van der Waals surface area contributed by atoms with Crippen LogP contribution in [0.3, 0.4) is 0 Å². The summed E-state index contributed by atoms with van der Waals surface area (Å²) < 4.78 is 0. The van der Waals surface area contributed by atoms with Crippen LogP contribution in [0.1, 0.15) is 0 Å². The van der Waals surface area contributed by atoms with Gasteiger partial charge in [-0.1, -0.05) is 5.70 Å². The van der Waals surface area contributed by atoms with Crippen molar-refractivity contribution in [2.24, 2.45) is 0 Å². The molecule has 0 amide bonds. The summed E-state index contributed by atoms with van der Waals surface area (Å²) in [6.45, 7) is 0. The van der Waals surface area contributed by atoms with E-state index in [4.69, 9.17) is 0 Å². The zero-order valence-electron chi connectivity index (χ0n) is 2.86. The van der Waals surface area contributed by atoms with E-state index >= 15 is 0 Å². The number of thiol groups is 1. The lowest BCUT2D eigenvalue weighted by atomic mass is 11.3. The van der Waals surface area contributed by atoms with Crippen LogP contribution in [0.5, 0.6) is 0 Å². The van der Waals surface area contributed by atoms with Crippen molar-refractivity contribution in [3.63, 3.8) is 0 Å². The van der Waals surface area contributed by atoms with E-state index in [1.807, 2.05) is 5.70 Å². The minimum Gasteiger partial charge on any atom is -0.152 e. The number of rotatable bonds is 1. The first-order valence-electron chi connectivity index (χ1n) is 1.26. The summed E-state index contributed by atoms with van der Waals surface area (Å²) in [4.78, 5) is 0. The van der Waals surface area contributed by atoms with Gasteiger partial charge in [-0.05, 0) is 5.41 Å². The lowest BCUT2D eigenvalue weighted by Crippen LogP contribution is -1.77. The van der Waals surface area contributed by atoms with E-state index in [1.54, 1.807) is 5.41 Å². The molecule has 0 unspecified atom stereocenters. The Bertz CT molecular complexity index is 53.5. The molecule has 0 N–H and O–H groups in total. The van der Waals surface area contributed by atoms with Gasteiger partial charge in [-0.2, -0.15) is 12.6 Å². The average Bonchev–Trinajstić information content (AvgIpc) is 1.35. The highest BCUT2D eigenvalue weighted by atomic mass is 79.9. The average molecular weight is 247 g/mol. The van der Waals surface area contributed by atoms with E-state index in [0.717, 1.165) is 0 Å². The molecule has 0 aliphatic heterocycles. The lowest BCUT2D eigenvalue weighted by molar-refractivity contribution is 2.53. The summed E-state index contributed by atoms with van der Waals surface area (Å²) in [6, 6.07) is -0.517. The molecular formula is C2H3Br2SSi. The van der Waals surface area contributed by atoms with Crippen molar-refractivity contribution >= 4 is 49.2 Å². The molecule has 0 spiro atoms. The smallest absolute Gasteiger partial charge is 0.152 e. The zero-order valence-corrected chi connectivity index (χ0v) is 7.92. The number of hydrogen-bond acceptors (Lipinski definition) is 1. The SMILES string of the molecule is SC=C[Si](Br)Br. The second-order valence-corrected chi connectivity index (χ2v) is 10.1. The van der Waals surface area contributed by atoms with Gasteiger partial charge in [-0.3, -0.25) is 0 Å². The van der Waals surface area contributed by atoms with Gasteiger partial charge in [-0.15, -0.1) is 30.6 Å². The van der Waals surface area contributed by atoms with Gasteiger partial charge in [0.2, 0.25) is 6.04 Å². The zero-order chi connectivity index (χ0) is 4.99. The minimum atomic E-state index is -0.517. The van der Waals surface area contributed by atoms with Crippen molar-refractivity contribution in [3.05, 3.63) is 11.1 Å². The molecule has 1 radical (unpaired) electrons. The van der Waals surface area contributed by atoms with Gasteiger partial charge < -0.3 is 0 Å². The van der Waals surface area contributed by atoms with Crippen molar-refractivity contribution in [2.45, 2.75) is 0 Å². The molecule has 0 aliphatic rings. The highest BCUT2D eigenvalue weighted by Crippen LogP contribution is 2.02. The van der Waals surface area contributed by atoms with Crippen LogP contribution >= 0.6 is 43.2 Å². The second kappa shape index (κ2) is 4.43. The number of hydrogen-bond donors (Lipinski definition) is 1. The predicted octanol–water partition coefficient (Wildman–Crippen LogP) is 2.25. The first-order chi connectivity index (χ1) is 2.77. The fourth-order valence-electron chi connectivity index (χ4n) is 0.0563. The highest BCUT2D eigenvalue weighted by Gasteiger charge is 1.88. The maximum Gasteiger partial charge on any atom is 0.242 e. The predicted molar refractivity (Wildman–Crippen MR) is 41.7 cm³/mol. The Morgan fingerprint density at radius 2 is 2.00 bits per heavy atom. The molecular weight excluding hydrogens is 244 g/mol. The van der Waals surface area contributed by atoms with Gasteiger partial charge in [0, 0.05) is 0 Å². The monoisotopic (exact) mass is 245 g/mol. The van der Waals surface area contributed by atoms with E-state index in [9.17, 15) is 0 Å². The molecule has 0 aliphatic carbocycles. The Balaban J connectivity index is 3.03. The largest absolute Gasteiger partial charge is 0.242 e. The molecule has 0 fully saturated rings. The normalized spacial score (nSPS) is 11.3. The van der Waals surface area contributed by atoms with Gasteiger partial charge in [0.15, 0.2) is 0 Å². The van der Waals surface area contributed by atoms with Crippen LogP contribution in [0.4, 0.5) is 0 Å². The third-order valence-corrected chi connectivity index (χ3v) is 2.63. The molecule has 0 nitrogen and oxygen atoms in total. The molecule has 4 heteroatoms. The van der Waals surface area contributed by atoms with E-state index in [2.05, 4.69) is 43.2 Å². The molecule has 6 heavy (non-hydrogen) atoms. The lowest BCUT2D eigenvalue weighted by Gasteiger charge is -1.76. The summed E-state index contributed by atoms with van der Waals surface area (Å²) in [6.07, 6.45) is 0. The maximum absolute atomic E-state index is 3.84. The Labute approximate surface area is 60.2 Å². The fourth-order valence-corrected chi connectivity index (χ4v) is 2.63. The molecule has 0 rings (SSSR count). The summed E-state index contributed by atoms with van der Waals surface area (Å²) >= 11 is 10.5. The minimum absolute atomic E-state index is 0.517. The highest BCUT2D eigenvalue weighted by molar-refractivity contribution is 9.49. The molecule has 0 heterocycles. The molecule has 0 aromatic carbocycles. The third-order valence-electron chi connectivity index (χ3n) is 0.201. The Kier molecular flexibility index (Phi) is 5.36. The third kappa shape index (κ3) is 5.27. The summed E-state index contributed by atoms with van der Waals surface area (Å²) in [5.74, 6) is 0. The van der Waals surface area contributed by atoms with Crippen molar-refractivity contribution in [3.8, 4) is 0 Å². The Morgan fingerprint density at radius 3 is 2.00 bits per heavy atom. The van der Waals surface area contributed by atoms with Gasteiger partial charge in [0.1, 0.15) is 0 Å².